The second-order valence-electron chi connectivity index (χ2n) is 4.28. The second kappa shape index (κ2) is 4.16. The van der Waals surface area contributed by atoms with Gasteiger partial charge >= 0.3 is 5.97 Å². The van der Waals surface area contributed by atoms with E-state index in [1.54, 1.807) is 11.8 Å². The van der Waals surface area contributed by atoms with Crippen LogP contribution in [0.2, 0.25) is 0 Å². The Labute approximate surface area is 98.4 Å². The predicted octanol–water partition coefficient (Wildman–Crippen LogP) is 0.517. The summed E-state index contributed by atoms with van der Waals surface area (Å²) in [6.45, 7) is 2.32. The van der Waals surface area contributed by atoms with Crippen molar-refractivity contribution in [3.8, 4) is 0 Å². The molecule has 90 valence electrons. The van der Waals surface area contributed by atoms with E-state index in [2.05, 4.69) is 0 Å². The maximum Gasteiger partial charge on any atom is 0.326 e. The van der Waals surface area contributed by atoms with Crippen LogP contribution >= 0.6 is 0 Å². The minimum atomic E-state index is -0.888. The number of hydrogen-bond donors (Lipinski definition) is 1. The summed E-state index contributed by atoms with van der Waals surface area (Å²) >= 11 is 0. The summed E-state index contributed by atoms with van der Waals surface area (Å²) in [5.41, 5.74) is 1.22. The standard InChI is InChI=1S/C12H13NO4/c1-7-5-10(14)11(15)6-9(7)13-4-2-3-8(13)12(16)17/h5-6,8H,2-4H2,1H3,(H,16,17). The highest BCUT2D eigenvalue weighted by Gasteiger charge is 2.34. The fourth-order valence-electron chi connectivity index (χ4n) is 2.27. The smallest absolute Gasteiger partial charge is 0.326 e. The number of carboxylic acid groups (broad SMARTS) is 1. The molecule has 1 aliphatic carbocycles. The molecule has 1 N–H and O–H groups in total. The zero-order valence-corrected chi connectivity index (χ0v) is 9.47. The molecule has 1 heterocycles. The predicted molar refractivity (Wildman–Crippen MR) is 59.2 cm³/mol. The van der Waals surface area contributed by atoms with Gasteiger partial charge in [-0.05, 0) is 31.4 Å². The SMILES string of the molecule is CC1=CC(=O)C(=O)C=C1N1CCCC1C(=O)O. The first kappa shape index (κ1) is 11.6. The number of carboxylic acids is 1. The lowest BCUT2D eigenvalue weighted by molar-refractivity contribution is -0.141. The Hall–Kier alpha value is -1.91. The first-order valence-corrected chi connectivity index (χ1v) is 5.49. The molecule has 17 heavy (non-hydrogen) atoms. The van der Waals surface area contributed by atoms with Gasteiger partial charge in [0.25, 0.3) is 0 Å². The number of rotatable bonds is 2. The van der Waals surface area contributed by atoms with E-state index in [9.17, 15) is 14.4 Å². The average molecular weight is 235 g/mol. The number of likely N-dealkylation sites (tertiary alicyclic amines) is 1. The third-order valence-corrected chi connectivity index (χ3v) is 3.11. The molecule has 0 amide bonds. The van der Waals surface area contributed by atoms with E-state index in [0.717, 1.165) is 6.42 Å². The van der Waals surface area contributed by atoms with Gasteiger partial charge in [-0.1, -0.05) is 0 Å². The van der Waals surface area contributed by atoms with Crippen LogP contribution in [0.1, 0.15) is 19.8 Å². The van der Waals surface area contributed by atoms with Gasteiger partial charge < -0.3 is 10.0 Å². The molecule has 1 atom stereocenters. The van der Waals surface area contributed by atoms with Crippen LogP contribution in [0.4, 0.5) is 0 Å². The molecule has 1 unspecified atom stereocenters. The zero-order chi connectivity index (χ0) is 12.6. The maximum absolute atomic E-state index is 11.3. The molecule has 2 aliphatic rings. The Kier molecular flexibility index (Phi) is 2.83. The van der Waals surface area contributed by atoms with Gasteiger partial charge in [-0.2, -0.15) is 0 Å². The second-order valence-corrected chi connectivity index (χ2v) is 4.28. The largest absolute Gasteiger partial charge is 0.480 e. The van der Waals surface area contributed by atoms with Crippen LogP contribution in [0.25, 0.3) is 0 Å². The quantitative estimate of drug-likeness (QED) is 0.557. The fraction of sp³-hybridized carbons (Fsp3) is 0.417. The minimum absolute atomic E-state index is 0.544. The summed E-state index contributed by atoms with van der Waals surface area (Å²) in [5.74, 6) is -2.01. The number of hydrogen-bond acceptors (Lipinski definition) is 4. The Morgan fingerprint density at radius 2 is 2.00 bits per heavy atom. The molecule has 0 spiro atoms. The first-order chi connectivity index (χ1) is 8.00. The third-order valence-electron chi connectivity index (χ3n) is 3.11. The van der Waals surface area contributed by atoms with Gasteiger partial charge in [-0.3, -0.25) is 9.59 Å². The van der Waals surface area contributed by atoms with Crippen LogP contribution in [0, 0.1) is 0 Å². The number of nitrogens with zero attached hydrogens (tertiary/aromatic N) is 1. The fourth-order valence-corrected chi connectivity index (χ4v) is 2.27. The molecule has 5 nitrogen and oxygen atoms in total. The number of ketones is 2. The van der Waals surface area contributed by atoms with E-state index in [1.165, 1.54) is 12.2 Å². The van der Waals surface area contributed by atoms with Crippen molar-refractivity contribution in [3.05, 3.63) is 23.4 Å². The van der Waals surface area contributed by atoms with E-state index in [0.29, 0.717) is 24.2 Å². The topological polar surface area (TPSA) is 74.7 Å². The Morgan fingerprint density at radius 1 is 1.35 bits per heavy atom. The monoisotopic (exact) mass is 235 g/mol. The summed E-state index contributed by atoms with van der Waals surface area (Å²) in [7, 11) is 0. The van der Waals surface area contributed by atoms with Crippen molar-refractivity contribution in [2.75, 3.05) is 6.54 Å². The lowest BCUT2D eigenvalue weighted by Crippen LogP contribution is -2.37. The molecule has 0 radical (unpaired) electrons. The van der Waals surface area contributed by atoms with Gasteiger partial charge in [0.2, 0.25) is 11.6 Å². The van der Waals surface area contributed by atoms with E-state index >= 15 is 0 Å². The Balaban J connectivity index is 2.31. The summed E-state index contributed by atoms with van der Waals surface area (Å²) < 4.78 is 0. The van der Waals surface area contributed by atoms with E-state index in [4.69, 9.17) is 5.11 Å². The van der Waals surface area contributed by atoms with Crippen LogP contribution in [-0.2, 0) is 14.4 Å². The molecule has 2 rings (SSSR count). The average Bonchev–Trinajstić information content (AvgIpc) is 2.72. The van der Waals surface area contributed by atoms with Gasteiger partial charge in [-0.25, -0.2) is 4.79 Å². The van der Waals surface area contributed by atoms with Crippen LogP contribution in [0.3, 0.4) is 0 Å². The van der Waals surface area contributed by atoms with Crippen LogP contribution in [0.5, 0.6) is 0 Å². The van der Waals surface area contributed by atoms with Gasteiger partial charge in [0, 0.05) is 18.3 Å². The van der Waals surface area contributed by atoms with Crippen LogP contribution in [0.15, 0.2) is 23.4 Å². The molecule has 5 heteroatoms. The summed E-state index contributed by atoms with van der Waals surface area (Å²) in [6.07, 6.45) is 3.87. The highest BCUT2D eigenvalue weighted by molar-refractivity contribution is 6.46. The summed E-state index contributed by atoms with van der Waals surface area (Å²) in [6, 6.07) is -0.592. The van der Waals surface area contributed by atoms with Crippen molar-refractivity contribution in [1.82, 2.24) is 4.90 Å². The van der Waals surface area contributed by atoms with Crippen LogP contribution < -0.4 is 0 Å². The lowest BCUT2D eigenvalue weighted by atomic mass is 10.0. The summed E-state index contributed by atoms with van der Waals surface area (Å²) in [5, 5.41) is 9.08. The Morgan fingerprint density at radius 3 is 2.65 bits per heavy atom. The van der Waals surface area contributed by atoms with Gasteiger partial charge in [0.15, 0.2) is 0 Å². The molecule has 0 aromatic heterocycles. The minimum Gasteiger partial charge on any atom is -0.480 e. The molecule has 1 saturated heterocycles. The molecule has 0 bridgehead atoms. The maximum atomic E-state index is 11.3. The van der Waals surface area contributed by atoms with E-state index in [-0.39, 0.29) is 0 Å². The highest BCUT2D eigenvalue weighted by Crippen LogP contribution is 2.28. The summed E-state index contributed by atoms with van der Waals surface area (Å²) in [4.78, 5) is 35.3. The molecule has 1 fully saturated rings. The first-order valence-electron chi connectivity index (χ1n) is 5.49. The molecular formula is C12H13NO4. The highest BCUT2D eigenvalue weighted by atomic mass is 16.4. The number of carbonyl (C=O) groups excluding carboxylic acids is 2. The molecule has 0 aromatic carbocycles. The molecule has 0 aromatic rings. The normalized spacial score (nSPS) is 24.8. The van der Waals surface area contributed by atoms with Crippen molar-refractivity contribution in [1.29, 1.82) is 0 Å². The zero-order valence-electron chi connectivity index (χ0n) is 9.47. The molecular weight excluding hydrogens is 222 g/mol. The number of aliphatic carboxylic acids is 1. The van der Waals surface area contributed by atoms with Crippen molar-refractivity contribution in [2.45, 2.75) is 25.8 Å². The lowest BCUT2D eigenvalue weighted by Gasteiger charge is -2.28. The van der Waals surface area contributed by atoms with Gasteiger partial charge in [-0.15, -0.1) is 0 Å². The third kappa shape index (κ3) is 2.00. The number of carbonyl (C=O) groups is 3. The van der Waals surface area contributed by atoms with Crippen molar-refractivity contribution in [2.24, 2.45) is 0 Å². The van der Waals surface area contributed by atoms with Crippen molar-refractivity contribution >= 4 is 17.5 Å². The van der Waals surface area contributed by atoms with Gasteiger partial charge in [0.05, 0.1) is 0 Å². The molecule has 0 saturated carbocycles. The number of allylic oxidation sites excluding steroid dienone is 3. The Bertz CT molecular complexity index is 461. The van der Waals surface area contributed by atoms with E-state index in [1.807, 2.05) is 0 Å². The van der Waals surface area contributed by atoms with Crippen LogP contribution in [-0.4, -0.2) is 40.1 Å². The van der Waals surface area contributed by atoms with Crippen molar-refractivity contribution < 1.29 is 19.5 Å². The van der Waals surface area contributed by atoms with Gasteiger partial charge in [0.1, 0.15) is 6.04 Å². The van der Waals surface area contributed by atoms with E-state index < -0.39 is 23.6 Å². The molecule has 1 aliphatic heterocycles. The van der Waals surface area contributed by atoms with Crippen molar-refractivity contribution in [3.63, 3.8) is 0 Å².